The zero-order chi connectivity index (χ0) is 11.5. The molecule has 0 amide bonds. The van der Waals surface area contributed by atoms with E-state index in [1.165, 1.54) is 0 Å². The number of halogens is 1. The highest BCUT2D eigenvalue weighted by molar-refractivity contribution is 6.32. The van der Waals surface area contributed by atoms with Crippen LogP contribution < -0.4 is 11.5 Å². The molecule has 0 atom stereocenters. The first kappa shape index (κ1) is 11.0. The van der Waals surface area contributed by atoms with E-state index in [4.69, 9.17) is 23.1 Å². The van der Waals surface area contributed by atoms with Crippen LogP contribution in [0.15, 0.2) is 30.5 Å². The molecule has 84 valence electrons. The fraction of sp³-hybridized carbons (Fsp3) is 0.182. The molecule has 4 N–H and O–H groups in total. The van der Waals surface area contributed by atoms with Crippen molar-refractivity contribution in [2.75, 3.05) is 12.3 Å². The molecule has 0 aliphatic carbocycles. The maximum atomic E-state index is 6.07. The minimum absolute atomic E-state index is 0.505. The van der Waals surface area contributed by atoms with Gasteiger partial charge in [0, 0.05) is 11.8 Å². The summed E-state index contributed by atoms with van der Waals surface area (Å²) in [6.45, 7) is 0.554. The van der Waals surface area contributed by atoms with Crippen LogP contribution in [-0.4, -0.2) is 16.3 Å². The van der Waals surface area contributed by atoms with Gasteiger partial charge in [0.25, 0.3) is 0 Å². The van der Waals surface area contributed by atoms with Gasteiger partial charge in [-0.25, -0.2) is 4.68 Å². The minimum atomic E-state index is 0.505. The predicted octanol–water partition coefficient (Wildman–Crippen LogP) is 1.61. The van der Waals surface area contributed by atoms with Gasteiger partial charge in [-0.3, -0.25) is 0 Å². The highest BCUT2D eigenvalue weighted by atomic mass is 35.5. The van der Waals surface area contributed by atoms with Gasteiger partial charge in [0.2, 0.25) is 0 Å². The Morgan fingerprint density at radius 1 is 1.31 bits per heavy atom. The number of para-hydroxylation sites is 1. The Balaban J connectivity index is 2.42. The molecular formula is C11H13ClN4. The van der Waals surface area contributed by atoms with Gasteiger partial charge >= 0.3 is 0 Å². The average molecular weight is 237 g/mol. The Hall–Kier alpha value is -1.52. The van der Waals surface area contributed by atoms with E-state index in [9.17, 15) is 0 Å². The van der Waals surface area contributed by atoms with Crippen LogP contribution >= 0.6 is 11.6 Å². The van der Waals surface area contributed by atoms with Crippen molar-refractivity contribution in [2.24, 2.45) is 5.73 Å². The first-order chi connectivity index (χ1) is 7.72. The molecule has 4 nitrogen and oxygen atoms in total. The molecule has 0 saturated carbocycles. The number of hydrogen-bond acceptors (Lipinski definition) is 3. The van der Waals surface area contributed by atoms with Crippen molar-refractivity contribution in [1.29, 1.82) is 0 Å². The van der Waals surface area contributed by atoms with Gasteiger partial charge in [-0.2, -0.15) is 5.10 Å². The second kappa shape index (κ2) is 4.55. The highest BCUT2D eigenvalue weighted by Crippen LogP contribution is 2.21. The molecule has 0 aliphatic heterocycles. The Morgan fingerprint density at radius 2 is 2.06 bits per heavy atom. The molecule has 0 radical (unpaired) electrons. The summed E-state index contributed by atoms with van der Waals surface area (Å²) in [4.78, 5) is 0. The molecule has 0 fully saturated rings. The lowest BCUT2D eigenvalue weighted by Gasteiger charge is -2.02. The predicted molar refractivity (Wildman–Crippen MR) is 65.7 cm³/mol. The number of benzene rings is 1. The number of aromatic nitrogens is 2. The van der Waals surface area contributed by atoms with Crippen LogP contribution in [0.2, 0.25) is 5.02 Å². The maximum Gasteiger partial charge on any atom is 0.149 e. The summed E-state index contributed by atoms with van der Waals surface area (Å²) in [5, 5.41) is 4.86. The van der Waals surface area contributed by atoms with Crippen LogP contribution in [0.25, 0.3) is 5.69 Å². The third-order valence-corrected chi connectivity index (χ3v) is 2.66. The van der Waals surface area contributed by atoms with Crippen molar-refractivity contribution in [3.63, 3.8) is 0 Å². The lowest BCUT2D eigenvalue weighted by Crippen LogP contribution is -2.03. The Kier molecular flexibility index (Phi) is 3.12. The first-order valence-electron chi connectivity index (χ1n) is 5.01. The molecule has 16 heavy (non-hydrogen) atoms. The Morgan fingerprint density at radius 3 is 2.75 bits per heavy atom. The summed E-state index contributed by atoms with van der Waals surface area (Å²) >= 11 is 6.07. The van der Waals surface area contributed by atoms with E-state index in [2.05, 4.69) is 5.10 Å². The van der Waals surface area contributed by atoms with Gasteiger partial charge in [0.05, 0.1) is 10.7 Å². The van der Waals surface area contributed by atoms with E-state index in [-0.39, 0.29) is 0 Å². The lowest BCUT2D eigenvalue weighted by molar-refractivity contribution is 0.883. The summed E-state index contributed by atoms with van der Waals surface area (Å²) in [5.41, 5.74) is 13.0. The van der Waals surface area contributed by atoms with Crippen LogP contribution in [0.4, 0.5) is 5.82 Å². The van der Waals surface area contributed by atoms with Gasteiger partial charge in [-0.1, -0.05) is 23.7 Å². The lowest BCUT2D eigenvalue weighted by atomic mass is 10.2. The largest absolute Gasteiger partial charge is 0.382 e. The molecule has 0 aliphatic rings. The molecular weight excluding hydrogens is 224 g/mol. The third-order valence-electron chi connectivity index (χ3n) is 2.34. The molecule has 0 unspecified atom stereocenters. The van der Waals surface area contributed by atoms with E-state index in [0.717, 1.165) is 17.7 Å². The first-order valence-corrected chi connectivity index (χ1v) is 5.39. The molecule has 0 spiro atoms. The van der Waals surface area contributed by atoms with E-state index in [1.54, 1.807) is 4.68 Å². The highest BCUT2D eigenvalue weighted by Gasteiger charge is 2.08. The van der Waals surface area contributed by atoms with Crippen molar-refractivity contribution in [3.8, 4) is 5.69 Å². The van der Waals surface area contributed by atoms with Gasteiger partial charge in [0.1, 0.15) is 5.82 Å². The second-order valence-electron chi connectivity index (χ2n) is 3.47. The second-order valence-corrected chi connectivity index (χ2v) is 3.88. The van der Waals surface area contributed by atoms with Gasteiger partial charge in [-0.05, 0) is 25.1 Å². The third kappa shape index (κ3) is 2.03. The van der Waals surface area contributed by atoms with E-state index in [1.807, 2.05) is 30.5 Å². The number of nitrogens with two attached hydrogens (primary N) is 2. The fourth-order valence-corrected chi connectivity index (χ4v) is 1.75. The fourth-order valence-electron chi connectivity index (χ4n) is 1.53. The van der Waals surface area contributed by atoms with Crippen LogP contribution in [-0.2, 0) is 6.42 Å². The summed E-state index contributed by atoms with van der Waals surface area (Å²) in [6, 6.07) is 7.49. The number of anilines is 1. The van der Waals surface area contributed by atoms with Crippen molar-refractivity contribution in [3.05, 3.63) is 41.0 Å². The van der Waals surface area contributed by atoms with E-state index in [0.29, 0.717) is 17.4 Å². The maximum absolute atomic E-state index is 6.07. The molecule has 0 bridgehead atoms. The molecule has 1 heterocycles. The summed E-state index contributed by atoms with van der Waals surface area (Å²) < 4.78 is 1.68. The molecule has 2 aromatic rings. The Labute approximate surface area is 98.8 Å². The topological polar surface area (TPSA) is 69.9 Å². The monoisotopic (exact) mass is 236 g/mol. The van der Waals surface area contributed by atoms with Crippen molar-refractivity contribution < 1.29 is 0 Å². The summed E-state index contributed by atoms with van der Waals surface area (Å²) in [6.07, 6.45) is 2.58. The molecule has 0 saturated heterocycles. The summed E-state index contributed by atoms with van der Waals surface area (Å²) in [5.74, 6) is 0.505. The van der Waals surface area contributed by atoms with E-state index < -0.39 is 0 Å². The zero-order valence-electron chi connectivity index (χ0n) is 8.73. The van der Waals surface area contributed by atoms with E-state index >= 15 is 0 Å². The van der Waals surface area contributed by atoms with Gasteiger partial charge in [-0.15, -0.1) is 0 Å². The standard InChI is InChI=1S/C11H13ClN4/c12-9-3-1-2-4-10(9)16-7-8(5-6-13)11(14)15-16/h1-4,7H,5-6,13H2,(H2,14,15). The molecule has 2 rings (SSSR count). The smallest absolute Gasteiger partial charge is 0.149 e. The van der Waals surface area contributed by atoms with Crippen molar-refractivity contribution in [1.82, 2.24) is 9.78 Å². The van der Waals surface area contributed by atoms with Gasteiger partial charge in [0.15, 0.2) is 0 Å². The van der Waals surface area contributed by atoms with Crippen molar-refractivity contribution in [2.45, 2.75) is 6.42 Å². The number of nitrogens with zero attached hydrogens (tertiary/aromatic N) is 2. The molecule has 5 heteroatoms. The quantitative estimate of drug-likeness (QED) is 0.851. The zero-order valence-corrected chi connectivity index (χ0v) is 9.48. The summed E-state index contributed by atoms with van der Waals surface area (Å²) in [7, 11) is 0. The Bertz CT molecular complexity index is 492. The van der Waals surface area contributed by atoms with Crippen LogP contribution in [0.5, 0.6) is 0 Å². The number of rotatable bonds is 3. The minimum Gasteiger partial charge on any atom is -0.382 e. The normalized spacial score (nSPS) is 10.6. The molecule has 1 aromatic heterocycles. The van der Waals surface area contributed by atoms with Gasteiger partial charge < -0.3 is 11.5 Å². The van der Waals surface area contributed by atoms with Crippen LogP contribution in [0, 0.1) is 0 Å². The van der Waals surface area contributed by atoms with Crippen molar-refractivity contribution >= 4 is 17.4 Å². The average Bonchev–Trinajstić information content (AvgIpc) is 2.61. The number of nitrogen functional groups attached to an aromatic ring is 1. The SMILES string of the molecule is NCCc1cn(-c2ccccc2Cl)nc1N. The molecule has 1 aromatic carbocycles. The van der Waals surface area contributed by atoms with Crippen LogP contribution in [0.3, 0.4) is 0 Å². The van der Waals surface area contributed by atoms with Crippen LogP contribution in [0.1, 0.15) is 5.56 Å². The number of hydrogen-bond donors (Lipinski definition) is 2.